The van der Waals surface area contributed by atoms with Gasteiger partial charge in [0.25, 0.3) is 0 Å². The van der Waals surface area contributed by atoms with Crippen molar-refractivity contribution >= 4 is 21.8 Å². The van der Waals surface area contributed by atoms with E-state index < -0.39 is 16.0 Å². The number of hydrogen-bond acceptors (Lipinski definition) is 5. The highest BCUT2D eigenvalue weighted by molar-refractivity contribution is 7.92. The minimum absolute atomic E-state index is 0.155. The van der Waals surface area contributed by atoms with Gasteiger partial charge in [0.15, 0.2) is 11.6 Å². The number of aromatic carboxylic acids is 1. The lowest BCUT2D eigenvalue weighted by atomic mass is 10.3. The highest BCUT2D eigenvalue weighted by Crippen LogP contribution is 2.20. The van der Waals surface area contributed by atoms with E-state index in [1.807, 2.05) is 6.92 Å². The summed E-state index contributed by atoms with van der Waals surface area (Å²) in [6, 6.07) is 3.42. The zero-order valence-electron chi connectivity index (χ0n) is 10.7. The first-order chi connectivity index (χ1) is 9.28. The smallest absolute Gasteiger partial charge is 0.341 e. The molecule has 0 unspecified atom stereocenters. The van der Waals surface area contributed by atoms with Crippen LogP contribution in [-0.2, 0) is 10.0 Å². The number of hydrogen-bond donors (Lipinski definition) is 2. The summed E-state index contributed by atoms with van der Waals surface area (Å²) in [6.45, 7) is 1.83. The lowest BCUT2D eigenvalue weighted by molar-refractivity contribution is 0.0698. The number of rotatable bonds is 4. The summed E-state index contributed by atoms with van der Waals surface area (Å²) in [6.07, 6.45) is 3.52. The van der Waals surface area contributed by atoms with Crippen LogP contribution in [0.15, 0.2) is 24.5 Å². The Balaban J connectivity index is 2.62. The molecule has 0 saturated heterocycles. The molecule has 2 aromatic heterocycles. The fourth-order valence-electron chi connectivity index (χ4n) is 1.59. The largest absolute Gasteiger partial charge is 0.477 e. The van der Waals surface area contributed by atoms with Crippen LogP contribution in [0.5, 0.6) is 0 Å². The average molecular weight is 296 g/mol. The normalized spacial score (nSPS) is 11.3. The van der Waals surface area contributed by atoms with Crippen LogP contribution >= 0.6 is 0 Å². The van der Waals surface area contributed by atoms with E-state index in [-0.39, 0.29) is 11.4 Å². The van der Waals surface area contributed by atoms with Gasteiger partial charge in [-0.05, 0) is 24.6 Å². The third-order valence-corrected chi connectivity index (χ3v) is 2.96. The van der Waals surface area contributed by atoms with Crippen LogP contribution in [0, 0.1) is 6.92 Å². The Bertz CT molecular complexity index is 766. The highest BCUT2D eigenvalue weighted by Gasteiger charge is 2.21. The first-order valence-corrected chi connectivity index (χ1v) is 7.39. The topological polar surface area (TPSA) is 114 Å². The van der Waals surface area contributed by atoms with E-state index in [2.05, 4.69) is 14.8 Å². The van der Waals surface area contributed by atoms with E-state index in [1.165, 1.54) is 6.20 Å². The van der Waals surface area contributed by atoms with Gasteiger partial charge in [0.05, 0.1) is 12.5 Å². The molecule has 0 bridgehead atoms. The van der Waals surface area contributed by atoms with E-state index in [0.29, 0.717) is 5.82 Å². The second-order valence-electron chi connectivity index (χ2n) is 4.19. The molecule has 2 heterocycles. The predicted molar refractivity (Wildman–Crippen MR) is 71.5 cm³/mol. The van der Waals surface area contributed by atoms with Crippen molar-refractivity contribution in [2.24, 2.45) is 0 Å². The molecule has 0 aromatic carbocycles. The number of carbonyl (C=O) groups is 1. The zero-order chi connectivity index (χ0) is 14.9. The van der Waals surface area contributed by atoms with Crippen LogP contribution < -0.4 is 4.72 Å². The molecule has 2 N–H and O–H groups in total. The lowest BCUT2D eigenvalue weighted by Crippen LogP contribution is -2.16. The molecule has 0 aliphatic heterocycles. The second kappa shape index (κ2) is 4.93. The molecule has 2 aromatic rings. The van der Waals surface area contributed by atoms with Crippen LogP contribution in [0.25, 0.3) is 5.82 Å². The maximum Gasteiger partial charge on any atom is 0.341 e. The van der Waals surface area contributed by atoms with E-state index in [4.69, 9.17) is 5.11 Å². The van der Waals surface area contributed by atoms with Gasteiger partial charge < -0.3 is 5.11 Å². The molecule has 0 saturated carbocycles. The van der Waals surface area contributed by atoms with E-state index in [1.54, 1.807) is 12.1 Å². The first-order valence-electron chi connectivity index (χ1n) is 5.50. The molecule has 0 aliphatic carbocycles. The summed E-state index contributed by atoms with van der Waals surface area (Å²) in [4.78, 5) is 15.2. The van der Waals surface area contributed by atoms with Gasteiger partial charge in [-0.2, -0.15) is 9.78 Å². The molecule has 0 aliphatic rings. The molecular weight excluding hydrogens is 284 g/mol. The SMILES string of the molecule is Cc1ccnc(-n2ncc(C(=O)O)c2NS(C)(=O)=O)c1. The Morgan fingerprint density at radius 2 is 2.15 bits per heavy atom. The summed E-state index contributed by atoms with van der Waals surface area (Å²) >= 11 is 0. The minimum atomic E-state index is -3.65. The molecule has 0 spiro atoms. The van der Waals surface area contributed by atoms with Crippen molar-refractivity contribution in [1.82, 2.24) is 14.8 Å². The number of carboxylic acid groups (broad SMARTS) is 1. The molecule has 0 fully saturated rings. The second-order valence-corrected chi connectivity index (χ2v) is 5.94. The quantitative estimate of drug-likeness (QED) is 0.856. The molecule has 20 heavy (non-hydrogen) atoms. The fraction of sp³-hybridized carbons (Fsp3) is 0.182. The van der Waals surface area contributed by atoms with Crippen molar-refractivity contribution < 1.29 is 18.3 Å². The lowest BCUT2D eigenvalue weighted by Gasteiger charge is -2.09. The fourth-order valence-corrected chi connectivity index (χ4v) is 2.14. The number of sulfonamides is 1. The van der Waals surface area contributed by atoms with Crippen LogP contribution in [0.2, 0.25) is 0 Å². The molecule has 8 nitrogen and oxygen atoms in total. The third kappa shape index (κ3) is 2.94. The summed E-state index contributed by atoms with van der Waals surface area (Å²) in [5, 5.41) is 12.9. The monoisotopic (exact) mass is 296 g/mol. The van der Waals surface area contributed by atoms with Gasteiger partial charge in [-0.3, -0.25) is 4.72 Å². The number of carboxylic acids is 1. The first kappa shape index (κ1) is 14.0. The number of aromatic nitrogens is 3. The molecule has 2 rings (SSSR count). The van der Waals surface area contributed by atoms with Crippen molar-refractivity contribution in [2.45, 2.75) is 6.92 Å². The Morgan fingerprint density at radius 1 is 1.45 bits per heavy atom. The summed E-state index contributed by atoms with van der Waals surface area (Å²) in [5.41, 5.74) is 0.631. The molecule has 106 valence electrons. The van der Waals surface area contributed by atoms with Gasteiger partial charge >= 0.3 is 5.97 Å². The van der Waals surface area contributed by atoms with E-state index in [0.717, 1.165) is 22.7 Å². The van der Waals surface area contributed by atoms with Crippen molar-refractivity contribution in [1.29, 1.82) is 0 Å². The third-order valence-electron chi connectivity index (χ3n) is 2.40. The van der Waals surface area contributed by atoms with Crippen molar-refractivity contribution in [3.05, 3.63) is 35.7 Å². The van der Waals surface area contributed by atoms with Gasteiger partial charge in [0, 0.05) is 6.20 Å². The van der Waals surface area contributed by atoms with Crippen LogP contribution in [0.4, 0.5) is 5.82 Å². The Kier molecular flexibility index (Phi) is 3.45. The van der Waals surface area contributed by atoms with Gasteiger partial charge in [-0.25, -0.2) is 18.2 Å². The van der Waals surface area contributed by atoms with Crippen LogP contribution in [0.1, 0.15) is 15.9 Å². The molecule has 0 amide bonds. The number of nitrogens with zero attached hydrogens (tertiary/aromatic N) is 3. The maximum absolute atomic E-state index is 11.4. The zero-order valence-corrected chi connectivity index (χ0v) is 11.5. The summed E-state index contributed by atoms with van der Waals surface area (Å²) in [5.74, 6) is -1.11. The van der Waals surface area contributed by atoms with Gasteiger partial charge in [0.2, 0.25) is 10.0 Å². The van der Waals surface area contributed by atoms with Crippen LogP contribution in [0.3, 0.4) is 0 Å². The van der Waals surface area contributed by atoms with Crippen molar-refractivity contribution in [3.63, 3.8) is 0 Å². The molecule has 0 atom stereocenters. The summed E-state index contributed by atoms with van der Waals surface area (Å²) in [7, 11) is -3.65. The Morgan fingerprint density at radius 3 is 2.70 bits per heavy atom. The number of nitrogens with one attached hydrogen (secondary N) is 1. The highest BCUT2D eigenvalue weighted by atomic mass is 32.2. The van der Waals surface area contributed by atoms with E-state index in [9.17, 15) is 13.2 Å². The van der Waals surface area contributed by atoms with Crippen molar-refractivity contribution in [3.8, 4) is 5.82 Å². The van der Waals surface area contributed by atoms with E-state index >= 15 is 0 Å². The average Bonchev–Trinajstić information content (AvgIpc) is 2.70. The van der Waals surface area contributed by atoms with Crippen LogP contribution in [-0.4, -0.2) is 40.5 Å². The number of aryl methyl sites for hydroxylation is 1. The Hall–Kier alpha value is -2.42. The minimum Gasteiger partial charge on any atom is -0.477 e. The predicted octanol–water partition coefficient (Wildman–Crippen LogP) is 0.645. The van der Waals surface area contributed by atoms with Gasteiger partial charge in [-0.1, -0.05) is 0 Å². The Labute approximate surface area is 115 Å². The maximum atomic E-state index is 11.4. The van der Waals surface area contributed by atoms with Gasteiger partial charge in [0.1, 0.15) is 5.56 Å². The molecule has 0 radical (unpaired) electrons. The standard InChI is InChI=1S/C11H12N4O4S/c1-7-3-4-12-9(5-7)15-10(14-20(2,18)19)8(6-13-15)11(16)17/h3-6,14H,1-2H3,(H,16,17). The van der Waals surface area contributed by atoms with Crippen molar-refractivity contribution in [2.75, 3.05) is 11.0 Å². The number of anilines is 1. The molecule has 9 heteroatoms. The summed E-state index contributed by atoms with van der Waals surface area (Å²) < 4.78 is 26.0. The number of pyridine rings is 1. The molecular formula is C11H12N4O4S. The van der Waals surface area contributed by atoms with Gasteiger partial charge in [-0.15, -0.1) is 0 Å².